The van der Waals surface area contributed by atoms with Crippen molar-refractivity contribution in [3.63, 3.8) is 0 Å². The standard InChI is InChI=1S/C14H18ClN3O/c1-4-18-12(14(15)10(3)17-18)8-19-13-6-5-11(16)7-9(13)2/h5-7H,4,8,16H2,1-3H3. The molecule has 2 N–H and O–H groups in total. The van der Waals surface area contributed by atoms with Crippen LogP contribution in [0.1, 0.15) is 23.9 Å². The highest BCUT2D eigenvalue weighted by molar-refractivity contribution is 6.31. The summed E-state index contributed by atoms with van der Waals surface area (Å²) in [5, 5.41) is 5.04. The van der Waals surface area contributed by atoms with Crippen LogP contribution in [0.5, 0.6) is 5.75 Å². The van der Waals surface area contributed by atoms with Crippen molar-refractivity contribution in [3.8, 4) is 5.75 Å². The number of aromatic nitrogens is 2. The van der Waals surface area contributed by atoms with E-state index in [0.717, 1.165) is 34.9 Å². The van der Waals surface area contributed by atoms with Crippen molar-refractivity contribution in [2.24, 2.45) is 0 Å². The quantitative estimate of drug-likeness (QED) is 0.874. The van der Waals surface area contributed by atoms with Gasteiger partial charge < -0.3 is 10.5 Å². The van der Waals surface area contributed by atoms with Crippen LogP contribution in [0, 0.1) is 13.8 Å². The lowest BCUT2D eigenvalue weighted by Gasteiger charge is -2.11. The number of hydrogen-bond acceptors (Lipinski definition) is 3. The maximum absolute atomic E-state index is 6.24. The van der Waals surface area contributed by atoms with Crippen molar-refractivity contribution in [1.82, 2.24) is 9.78 Å². The number of nitrogens with zero attached hydrogens (tertiary/aromatic N) is 2. The third-order valence-corrected chi connectivity index (χ3v) is 3.51. The largest absolute Gasteiger partial charge is 0.487 e. The van der Waals surface area contributed by atoms with Crippen LogP contribution in [-0.4, -0.2) is 9.78 Å². The molecule has 0 aliphatic heterocycles. The van der Waals surface area contributed by atoms with Crippen molar-refractivity contribution in [2.75, 3.05) is 5.73 Å². The highest BCUT2D eigenvalue weighted by atomic mass is 35.5. The Hall–Kier alpha value is -1.68. The summed E-state index contributed by atoms with van der Waals surface area (Å²) < 4.78 is 7.68. The van der Waals surface area contributed by atoms with Gasteiger partial charge >= 0.3 is 0 Å². The number of nitrogens with two attached hydrogens (primary N) is 1. The van der Waals surface area contributed by atoms with Crippen LogP contribution in [0.3, 0.4) is 0 Å². The monoisotopic (exact) mass is 279 g/mol. The first-order chi connectivity index (χ1) is 9.02. The van der Waals surface area contributed by atoms with E-state index < -0.39 is 0 Å². The second kappa shape index (κ2) is 5.53. The number of halogens is 1. The van der Waals surface area contributed by atoms with Gasteiger partial charge in [0.05, 0.1) is 16.4 Å². The van der Waals surface area contributed by atoms with Crippen LogP contribution in [-0.2, 0) is 13.2 Å². The summed E-state index contributed by atoms with van der Waals surface area (Å²) in [5.74, 6) is 0.812. The molecule has 0 fully saturated rings. The van der Waals surface area contributed by atoms with Gasteiger partial charge in [-0.3, -0.25) is 4.68 Å². The summed E-state index contributed by atoms with van der Waals surface area (Å²) >= 11 is 6.24. The normalized spacial score (nSPS) is 10.7. The third kappa shape index (κ3) is 2.84. The van der Waals surface area contributed by atoms with Gasteiger partial charge in [0.15, 0.2) is 0 Å². The number of nitrogen functional groups attached to an aromatic ring is 1. The molecule has 0 atom stereocenters. The number of rotatable bonds is 4. The molecule has 0 spiro atoms. The lowest BCUT2D eigenvalue weighted by molar-refractivity contribution is 0.290. The zero-order valence-electron chi connectivity index (χ0n) is 11.4. The van der Waals surface area contributed by atoms with Gasteiger partial charge in [0, 0.05) is 12.2 Å². The minimum absolute atomic E-state index is 0.401. The number of aryl methyl sites for hydroxylation is 3. The van der Waals surface area contributed by atoms with E-state index in [-0.39, 0.29) is 0 Å². The van der Waals surface area contributed by atoms with Crippen LogP contribution in [0.2, 0.25) is 5.02 Å². The fourth-order valence-electron chi connectivity index (χ4n) is 1.99. The Labute approximate surface area is 118 Å². The Balaban J connectivity index is 2.18. The number of benzene rings is 1. The van der Waals surface area contributed by atoms with E-state index in [1.54, 1.807) is 0 Å². The van der Waals surface area contributed by atoms with E-state index in [0.29, 0.717) is 11.6 Å². The van der Waals surface area contributed by atoms with E-state index in [1.165, 1.54) is 0 Å². The first-order valence-electron chi connectivity index (χ1n) is 6.23. The van der Waals surface area contributed by atoms with Crippen molar-refractivity contribution >= 4 is 17.3 Å². The van der Waals surface area contributed by atoms with Gasteiger partial charge in [0.2, 0.25) is 0 Å². The third-order valence-electron chi connectivity index (χ3n) is 3.02. The van der Waals surface area contributed by atoms with Gasteiger partial charge in [0.1, 0.15) is 12.4 Å². The molecule has 0 amide bonds. The maximum atomic E-state index is 6.24. The predicted octanol–water partition coefficient (Wildman–Crippen LogP) is 3.33. The molecular formula is C14H18ClN3O. The Bertz CT molecular complexity index is 593. The van der Waals surface area contributed by atoms with E-state index in [4.69, 9.17) is 22.1 Å². The van der Waals surface area contributed by atoms with Crippen LogP contribution in [0.15, 0.2) is 18.2 Å². The molecule has 102 valence electrons. The summed E-state index contributed by atoms with van der Waals surface area (Å²) in [5.41, 5.74) is 9.19. The Morgan fingerprint density at radius 3 is 2.74 bits per heavy atom. The summed E-state index contributed by atoms with van der Waals surface area (Å²) in [4.78, 5) is 0. The van der Waals surface area contributed by atoms with Crippen LogP contribution >= 0.6 is 11.6 Å². The molecule has 0 saturated carbocycles. The van der Waals surface area contributed by atoms with Gasteiger partial charge in [0.25, 0.3) is 0 Å². The zero-order valence-corrected chi connectivity index (χ0v) is 12.2. The average molecular weight is 280 g/mol. The SMILES string of the molecule is CCn1nc(C)c(Cl)c1COc1ccc(N)cc1C. The molecule has 1 aromatic carbocycles. The lowest BCUT2D eigenvalue weighted by atomic mass is 10.2. The Morgan fingerprint density at radius 1 is 1.37 bits per heavy atom. The second-order valence-electron chi connectivity index (χ2n) is 4.48. The summed E-state index contributed by atoms with van der Waals surface area (Å²) in [7, 11) is 0. The van der Waals surface area contributed by atoms with Gasteiger partial charge in [-0.2, -0.15) is 5.10 Å². The van der Waals surface area contributed by atoms with Crippen LogP contribution in [0.25, 0.3) is 0 Å². The Kier molecular flexibility index (Phi) is 4.00. The maximum Gasteiger partial charge on any atom is 0.131 e. The summed E-state index contributed by atoms with van der Waals surface area (Å²) in [6, 6.07) is 5.59. The first-order valence-corrected chi connectivity index (χ1v) is 6.61. The van der Waals surface area contributed by atoms with Crippen molar-refractivity contribution < 1.29 is 4.74 Å². The predicted molar refractivity (Wildman–Crippen MR) is 77.6 cm³/mol. The minimum atomic E-state index is 0.401. The van der Waals surface area contributed by atoms with Gasteiger partial charge in [-0.05, 0) is 44.5 Å². The molecule has 5 heteroatoms. The number of hydrogen-bond donors (Lipinski definition) is 1. The molecule has 0 bridgehead atoms. The topological polar surface area (TPSA) is 53.1 Å². The zero-order chi connectivity index (χ0) is 14.0. The Morgan fingerprint density at radius 2 is 2.11 bits per heavy atom. The van der Waals surface area contributed by atoms with Crippen molar-refractivity contribution in [1.29, 1.82) is 0 Å². The molecule has 0 aliphatic carbocycles. The summed E-state index contributed by atoms with van der Waals surface area (Å²) in [6.45, 7) is 7.06. The average Bonchev–Trinajstić information content (AvgIpc) is 2.65. The molecule has 0 saturated heterocycles. The molecule has 0 aliphatic rings. The number of anilines is 1. The fraction of sp³-hybridized carbons (Fsp3) is 0.357. The molecule has 1 heterocycles. The summed E-state index contributed by atoms with van der Waals surface area (Å²) in [6.07, 6.45) is 0. The molecule has 2 rings (SSSR count). The van der Waals surface area contributed by atoms with Crippen LogP contribution < -0.4 is 10.5 Å². The van der Waals surface area contributed by atoms with Gasteiger partial charge in [-0.25, -0.2) is 0 Å². The van der Waals surface area contributed by atoms with E-state index >= 15 is 0 Å². The van der Waals surface area contributed by atoms with Crippen molar-refractivity contribution in [3.05, 3.63) is 40.2 Å². The lowest BCUT2D eigenvalue weighted by Crippen LogP contribution is -2.07. The van der Waals surface area contributed by atoms with E-state index in [1.807, 2.05) is 43.7 Å². The molecule has 0 radical (unpaired) electrons. The van der Waals surface area contributed by atoms with E-state index in [2.05, 4.69) is 5.10 Å². The molecule has 19 heavy (non-hydrogen) atoms. The highest BCUT2D eigenvalue weighted by Gasteiger charge is 2.13. The van der Waals surface area contributed by atoms with Crippen LogP contribution in [0.4, 0.5) is 5.69 Å². The fourth-order valence-corrected chi connectivity index (χ4v) is 2.18. The van der Waals surface area contributed by atoms with Gasteiger partial charge in [-0.1, -0.05) is 11.6 Å². The molecule has 4 nitrogen and oxygen atoms in total. The molecular weight excluding hydrogens is 262 g/mol. The molecule has 1 aromatic heterocycles. The van der Waals surface area contributed by atoms with Crippen molar-refractivity contribution in [2.45, 2.75) is 33.9 Å². The minimum Gasteiger partial charge on any atom is -0.487 e. The highest BCUT2D eigenvalue weighted by Crippen LogP contribution is 2.25. The smallest absolute Gasteiger partial charge is 0.131 e. The van der Waals surface area contributed by atoms with E-state index in [9.17, 15) is 0 Å². The number of ether oxygens (including phenoxy) is 1. The second-order valence-corrected chi connectivity index (χ2v) is 4.85. The molecule has 2 aromatic rings. The van der Waals surface area contributed by atoms with Gasteiger partial charge in [-0.15, -0.1) is 0 Å². The first kappa shape index (κ1) is 13.7. The molecule has 0 unspecified atom stereocenters.